The lowest BCUT2D eigenvalue weighted by Gasteiger charge is -2.33. The number of amides is 1. The Morgan fingerprint density at radius 3 is 2.43 bits per heavy atom. The molecule has 4 heteroatoms. The van der Waals surface area contributed by atoms with Crippen LogP contribution in [0.1, 0.15) is 60.5 Å². The van der Waals surface area contributed by atoms with Gasteiger partial charge in [-0.15, -0.1) is 0 Å². The van der Waals surface area contributed by atoms with E-state index in [1.54, 1.807) is 12.1 Å². The number of hydrogen-bond donors (Lipinski definition) is 1. The van der Waals surface area contributed by atoms with E-state index >= 15 is 0 Å². The number of benzene rings is 2. The van der Waals surface area contributed by atoms with Gasteiger partial charge in [0.15, 0.2) is 5.78 Å². The summed E-state index contributed by atoms with van der Waals surface area (Å²) in [5, 5.41) is 2.98. The van der Waals surface area contributed by atoms with Crippen molar-refractivity contribution in [1.29, 1.82) is 0 Å². The minimum absolute atomic E-state index is 0.00948. The molecule has 0 aliphatic carbocycles. The molecule has 1 aliphatic heterocycles. The number of piperidine rings is 1. The summed E-state index contributed by atoms with van der Waals surface area (Å²) in [5.74, 6) is -0.0688. The van der Waals surface area contributed by atoms with Crippen LogP contribution in [-0.2, 0) is 17.9 Å². The Bertz CT molecular complexity index is 788. The van der Waals surface area contributed by atoms with Gasteiger partial charge in [-0.25, -0.2) is 0 Å². The quantitative estimate of drug-likeness (QED) is 0.695. The molecule has 0 spiro atoms. The predicted molar refractivity (Wildman–Crippen MR) is 112 cm³/mol. The van der Waals surface area contributed by atoms with Crippen molar-refractivity contribution in [2.24, 2.45) is 0 Å². The largest absolute Gasteiger partial charge is 0.352 e. The maximum Gasteiger partial charge on any atom is 0.220 e. The topological polar surface area (TPSA) is 49.4 Å². The van der Waals surface area contributed by atoms with Crippen LogP contribution in [0.3, 0.4) is 0 Å². The van der Waals surface area contributed by atoms with Crippen LogP contribution in [0.5, 0.6) is 0 Å². The zero-order valence-corrected chi connectivity index (χ0v) is 16.7. The van der Waals surface area contributed by atoms with Crippen molar-refractivity contribution in [3.63, 3.8) is 0 Å². The molecule has 1 N–H and O–H groups in total. The fraction of sp³-hybridized carbons (Fsp3) is 0.417. The fourth-order valence-electron chi connectivity index (χ4n) is 3.77. The van der Waals surface area contributed by atoms with Crippen molar-refractivity contribution in [3.05, 3.63) is 71.3 Å². The summed E-state index contributed by atoms with van der Waals surface area (Å²) in [4.78, 5) is 26.9. The van der Waals surface area contributed by atoms with Crippen molar-refractivity contribution in [3.8, 4) is 0 Å². The molecular formula is C24H30N2O2. The molecule has 1 fully saturated rings. The Kier molecular flexibility index (Phi) is 7.38. The minimum atomic E-state index is -0.0783. The molecule has 1 saturated heterocycles. The van der Waals surface area contributed by atoms with E-state index in [9.17, 15) is 9.59 Å². The highest BCUT2D eigenvalue weighted by Crippen LogP contribution is 2.20. The third kappa shape index (κ3) is 5.77. The zero-order chi connectivity index (χ0) is 19.8. The molecule has 3 rings (SSSR count). The van der Waals surface area contributed by atoms with Crippen LogP contribution >= 0.6 is 0 Å². The molecule has 0 radical (unpaired) electrons. The first-order valence-corrected chi connectivity index (χ1v) is 10.3. The van der Waals surface area contributed by atoms with E-state index in [-0.39, 0.29) is 24.5 Å². The lowest BCUT2D eigenvalue weighted by Crippen LogP contribution is -2.37. The molecule has 0 bridgehead atoms. The van der Waals surface area contributed by atoms with Gasteiger partial charge in [-0.1, -0.05) is 61.0 Å². The van der Waals surface area contributed by atoms with E-state index in [1.165, 1.54) is 24.8 Å². The third-order valence-corrected chi connectivity index (χ3v) is 5.58. The van der Waals surface area contributed by atoms with Gasteiger partial charge in [0.05, 0.1) is 0 Å². The lowest BCUT2D eigenvalue weighted by atomic mass is 10.0. The first-order chi connectivity index (χ1) is 13.6. The van der Waals surface area contributed by atoms with Crippen molar-refractivity contribution in [2.45, 2.75) is 58.2 Å². The van der Waals surface area contributed by atoms with Crippen LogP contribution in [0.4, 0.5) is 0 Å². The molecule has 0 aromatic heterocycles. The number of nitrogens with one attached hydrogen (secondary N) is 1. The zero-order valence-electron chi connectivity index (χ0n) is 16.7. The normalized spacial score (nSPS) is 17.2. The predicted octanol–water partition coefficient (Wildman–Crippen LogP) is 4.34. The van der Waals surface area contributed by atoms with Gasteiger partial charge in [0, 0.05) is 37.5 Å². The first kappa shape index (κ1) is 20.3. The molecule has 0 saturated carbocycles. The van der Waals surface area contributed by atoms with E-state index in [4.69, 9.17) is 0 Å². The molecule has 2 aromatic rings. The summed E-state index contributed by atoms with van der Waals surface area (Å²) in [6.07, 6.45) is 4.30. The monoisotopic (exact) mass is 378 g/mol. The fourth-order valence-corrected chi connectivity index (χ4v) is 3.77. The van der Waals surface area contributed by atoms with Crippen LogP contribution in [0.2, 0.25) is 0 Å². The number of likely N-dealkylation sites (tertiary alicyclic amines) is 1. The maximum absolute atomic E-state index is 12.2. The first-order valence-electron chi connectivity index (χ1n) is 10.3. The SMILES string of the molecule is CC1CCCCN1Cc1ccccc1CNC(=O)CCC(=O)c1ccccc1. The van der Waals surface area contributed by atoms with Gasteiger partial charge in [-0.2, -0.15) is 0 Å². The average molecular weight is 379 g/mol. The van der Waals surface area contributed by atoms with Gasteiger partial charge in [0.25, 0.3) is 0 Å². The summed E-state index contributed by atoms with van der Waals surface area (Å²) in [5.41, 5.74) is 3.09. The van der Waals surface area contributed by atoms with Crippen molar-refractivity contribution in [2.75, 3.05) is 6.54 Å². The molecular weight excluding hydrogens is 348 g/mol. The third-order valence-electron chi connectivity index (χ3n) is 5.58. The summed E-state index contributed by atoms with van der Waals surface area (Å²) >= 11 is 0. The maximum atomic E-state index is 12.2. The van der Waals surface area contributed by atoms with Crippen LogP contribution < -0.4 is 5.32 Å². The van der Waals surface area contributed by atoms with Gasteiger partial charge in [0.1, 0.15) is 0 Å². The molecule has 28 heavy (non-hydrogen) atoms. The molecule has 4 nitrogen and oxygen atoms in total. The molecule has 2 aromatic carbocycles. The van der Waals surface area contributed by atoms with E-state index in [2.05, 4.69) is 35.3 Å². The van der Waals surface area contributed by atoms with Gasteiger partial charge < -0.3 is 5.32 Å². The second-order valence-electron chi connectivity index (χ2n) is 7.65. The highest BCUT2D eigenvalue weighted by atomic mass is 16.2. The molecule has 148 valence electrons. The number of hydrogen-bond acceptors (Lipinski definition) is 3. The second kappa shape index (κ2) is 10.2. The molecule has 1 heterocycles. The molecule has 1 unspecified atom stereocenters. The Balaban J connectivity index is 1.50. The number of carbonyl (C=O) groups is 2. The standard InChI is InChI=1S/C24H30N2O2/c1-19-9-7-8-16-26(19)18-22-13-6-5-12-21(22)17-25-24(28)15-14-23(27)20-10-3-2-4-11-20/h2-6,10-13,19H,7-9,14-18H2,1H3,(H,25,28). The van der Waals surface area contributed by atoms with Crippen LogP contribution in [0, 0.1) is 0 Å². The van der Waals surface area contributed by atoms with E-state index in [1.807, 2.05) is 24.3 Å². The summed E-state index contributed by atoms with van der Waals surface area (Å²) in [6, 6.07) is 18.1. The van der Waals surface area contributed by atoms with E-state index < -0.39 is 0 Å². The number of carbonyl (C=O) groups excluding carboxylic acids is 2. The van der Waals surface area contributed by atoms with Crippen molar-refractivity contribution >= 4 is 11.7 Å². The number of rotatable bonds is 8. The van der Waals surface area contributed by atoms with Gasteiger partial charge >= 0.3 is 0 Å². The second-order valence-corrected chi connectivity index (χ2v) is 7.65. The van der Waals surface area contributed by atoms with Crippen LogP contribution in [-0.4, -0.2) is 29.2 Å². The summed E-state index contributed by atoms with van der Waals surface area (Å²) in [6.45, 7) is 4.88. The van der Waals surface area contributed by atoms with Crippen LogP contribution in [0.15, 0.2) is 54.6 Å². The number of ketones is 1. The van der Waals surface area contributed by atoms with E-state index in [0.29, 0.717) is 18.2 Å². The Morgan fingerprint density at radius 2 is 1.68 bits per heavy atom. The van der Waals surface area contributed by atoms with Gasteiger partial charge in [-0.3, -0.25) is 14.5 Å². The molecule has 1 amide bonds. The number of Topliss-reactive ketones (excluding diaryl/α,β-unsaturated/α-hetero) is 1. The smallest absolute Gasteiger partial charge is 0.220 e. The van der Waals surface area contributed by atoms with Crippen molar-refractivity contribution in [1.82, 2.24) is 10.2 Å². The van der Waals surface area contributed by atoms with Gasteiger partial charge in [-0.05, 0) is 37.4 Å². The summed E-state index contributed by atoms with van der Waals surface area (Å²) in [7, 11) is 0. The highest BCUT2D eigenvalue weighted by molar-refractivity contribution is 5.97. The van der Waals surface area contributed by atoms with E-state index in [0.717, 1.165) is 18.7 Å². The molecule has 1 atom stereocenters. The highest BCUT2D eigenvalue weighted by Gasteiger charge is 2.19. The summed E-state index contributed by atoms with van der Waals surface area (Å²) < 4.78 is 0. The van der Waals surface area contributed by atoms with Crippen LogP contribution in [0.25, 0.3) is 0 Å². The molecule has 1 aliphatic rings. The Labute approximate surface area is 167 Å². The Morgan fingerprint density at radius 1 is 0.964 bits per heavy atom. The number of nitrogens with zero attached hydrogens (tertiary/aromatic N) is 1. The minimum Gasteiger partial charge on any atom is -0.352 e. The lowest BCUT2D eigenvalue weighted by molar-refractivity contribution is -0.121. The van der Waals surface area contributed by atoms with Crippen molar-refractivity contribution < 1.29 is 9.59 Å². The van der Waals surface area contributed by atoms with Gasteiger partial charge in [0.2, 0.25) is 5.91 Å². The Hall–Kier alpha value is -2.46. The average Bonchev–Trinajstić information content (AvgIpc) is 2.73.